The number of hydrogen-bond donors (Lipinski definition) is 3. The zero-order chi connectivity index (χ0) is 11.5. The van der Waals surface area contributed by atoms with E-state index in [-0.39, 0.29) is 12.0 Å². The molecule has 0 spiro atoms. The number of likely N-dealkylation sites (tertiary alicyclic amines) is 1. The molecule has 1 aliphatic heterocycles. The summed E-state index contributed by atoms with van der Waals surface area (Å²) in [6, 6.07) is 1.66. The number of carbonyl (C=O) groups is 1. The summed E-state index contributed by atoms with van der Waals surface area (Å²) < 4.78 is 5.25. The molecule has 88 valence electrons. The Morgan fingerprint density at radius 1 is 1.75 bits per heavy atom. The van der Waals surface area contributed by atoms with Gasteiger partial charge in [0.1, 0.15) is 12.0 Å². The van der Waals surface area contributed by atoms with Crippen LogP contribution in [0.1, 0.15) is 22.5 Å². The summed E-state index contributed by atoms with van der Waals surface area (Å²) >= 11 is 0. The number of aliphatic hydroxyl groups excluding tert-OH is 1. The Balaban J connectivity index is 1.95. The van der Waals surface area contributed by atoms with Crippen LogP contribution in [-0.4, -0.2) is 35.1 Å². The number of aliphatic hydroxyl groups is 1. The van der Waals surface area contributed by atoms with Gasteiger partial charge in [-0.15, -0.1) is 0 Å². The minimum atomic E-state index is -0.364. The summed E-state index contributed by atoms with van der Waals surface area (Å²) in [6.07, 6.45) is 1.92. The average molecular weight is 225 g/mol. The average Bonchev–Trinajstić information content (AvgIpc) is 2.87. The normalized spacial score (nSPS) is 21.2. The maximum Gasteiger partial charge on any atom is 0.268 e. The molecular formula is C10H15N3O3. The summed E-state index contributed by atoms with van der Waals surface area (Å²) in [5, 5.41) is 9.36. The number of rotatable bonds is 3. The fraction of sp³-hybridized carbons (Fsp3) is 0.500. The first-order valence-corrected chi connectivity index (χ1v) is 5.18. The molecule has 6 heteroatoms. The van der Waals surface area contributed by atoms with Crippen LogP contribution in [0.2, 0.25) is 0 Å². The second kappa shape index (κ2) is 4.65. The quantitative estimate of drug-likeness (QED) is 0.365. The number of nitrogens with zero attached hydrogens (tertiary/aromatic N) is 1. The molecule has 1 aromatic rings. The maximum atomic E-state index is 11.2. The monoisotopic (exact) mass is 225 g/mol. The number of β-amino-alcohol motifs (C(OH)–C–C–N with tert-alkyl or cyclic N) is 1. The second-order valence-corrected chi connectivity index (χ2v) is 3.95. The maximum absolute atomic E-state index is 11.2. The topological polar surface area (TPSA) is 91.7 Å². The van der Waals surface area contributed by atoms with Gasteiger partial charge in [-0.2, -0.15) is 0 Å². The molecule has 0 bridgehead atoms. The van der Waals surface area contributed by atoms with Crippen molar-refractivity contribution in [1.29, 1.82) is 0 Å². The van der Waals surface area contributed by atoms with E-state index in [1.807, 2.05) is 5.43 Å². The van der Waals surface area contributed by atoms with Crippen LogP contribution in [0, 0.1) is 0 Å². The van der Waals surface area contributed by atoms with Gasteiger partial charge in [0, 0.05) is 13.1 Å². The molecule has 0 radical (unpaired) electrons. The van der Waals surface area contributed by atoms with Crippen molar-refractivity contribution in [2.24, 2.45) is 5.84 Å². The van der Waals surface area contributed by atoms with Crippen LogP contribution in [0.15, 0.2) is 16.7 Å². The summed E-state index contributed by atoms with van der Waals surface area (Å²) in [7, 11) is 0. The van der Waals surface area contributed by atoms with E-state index in [1.165, 1.54) is 6.26 Å². The van der Waals surface area contributed by atoms with Crippen LogP contribution in [0.3, 0.4) is 0 Å². The Kier molecular flexibility index (Phi) is 3.23. The highest BCUT2D eigenvalue weighted by molar-refractivity contribution is 5.93. The third-order valence-corrected chi connectivity index (χ3v) is 2.67. The SMILES string of the molecule is NNC(=O)c1coc(CN2CCC(O)C2)c1. The second-order valence-electron chi connectivity index (χ2n) is 3.95. The van der Waals surface area contributed by atoms with Gasteiger partial charge >= 0.3 is 0 Å². The Labute approximate surface area is 93.0 Å². The van der Waals surface area contributed by atoms with Crippen LogP contribution in [-0.2, 0) is 6.54 Å². The summed E-state index contributed by atoms with van der Waals surface area (Å²) in [5.41, 5.74) is 2.46. The molecule has 16 heavy (non-hydrogen) atoms. The molecule has 4 N–H and O–H groups in total. The molecule has 1 amide bonds. The van der Waals surface area contributed by atoms with Crippen molar-refractivity contribution in [3.05, 3.63) is 23.7 Å². The number of nitrogen functional groups attached to an aromatic ring is 1. The Morgan fingerprint density at radius 2 is 2.56 bits per heavy atom. The zero-order valence-electron chi connectivity index (χ0n) is 8.85. The van der Waals surface area contributed by atoms with Crippen LogP contribution in [0.5, 0.6) is 0 Å². The lowest BCUT2D eigenvalue weighted by atomic mass is 10.3. The van der Waals surface area contributed by atoms with Crippen molar-refractivity contribution in [2.75, 3.05) is 13.1 Å². The van der Waals surface area contributed by atoms with Gasteiger partial charge in [0.25, 0.3) is 5.91 Å². The predicted molar refractivity (Wildman–Crippen MR) is 56.3 cm³/mol. The van der Waals surface area contributed by atoms with Gasteiger partial charge in [-0.3, -0.25) is 15.1 Å². The molecule has 0 aromatic carbocycles. The molecule has 2 heterocycles. The molecule has 0 aliphatic carbocycles. The fourth-order valence-corrected chi connectivity index (χ4v) is 1.84. The fourth-order valence-electron chi connectivity index (χ4n) is 1.84. The molecule has 1 aliphatic rings. The van der Waals surface area contributed by atoms with Gasteiger partial charge in [-0.1, -0.05) is 0 Å². The van der Waals surface area contributed by atoms with Gasteiger partial charge in [0.2, 0.25) is 0 Å². The van der Waals surface area contributed by atoms with Crippen LogP contribution >= 0.6 is 0 Å². The predicted octanol–water partition coefficient (Wildman–Crippen LogP) is -0.550. The number of furan rings is 1. The van der Waals surface area contributed by atoms with E-state index in [1.54, 1.807) is 6.07 Å². The first-order valence-electron chi connectivity index (χ1n) is 5.18. The number of hydrogen-bond acceptors (Lipinski definition) is 5. The lowest BCUT2D eigenvalue weighted by molar-refractivity contribution is 0.0953. The molecule has 6 nitrogen and oxygen atoms in total. The summed E-state index contributed by atoms with van der Waals surface area (Å²) in [4.78, 5) is 13.2. The van der Waals surface area contributed by atoms with E-state index in [0.717, 1.165) is 13.0 Å². The molecule has 2 rings (SSSR count). The molecule has 1 saturated heterocycles. The molecule has 1 atom stereocenters. The Morgan fingerprint density at radius 3 is 3.19 bits per heavy atom. The van der Waals surface area contributed by atoms with E-state index in [0.29, 0.717) is 24.4 Å². The van der Waals surface area contributed by atoms with E-state index in [9.17, 15) is 9.90 Å². The zero-order valence-corrected chi connectivity index (χ0v) is 8.85. The summed E-state index contributed by atoms with van der Waals surface area (Å²) in [6.45, 7) is 2.11. The van der Waals surface area contributed by atoms with Crippen LogP contribution < -0.4 is 11.3 Å². The highest BCUT2D eigenvalue weighted by atomic mass is 16.3. The van der Waals surface area contributed by atoms with Crippen molar-refractivity contribution in [3.63, 3.8) is 0 Å². The smallest absolute Gasteiger partial charge is 0.268 e. The van der Waals surface area contributed by atoms with Crippen molar-refractivity contribution in [1.82, 2.24) is 10.3 Å². The molecular weight excluding hydrogens is 210 g/mol. The van der Waals surface area contributed by atoms with Crippen molar-refractivity contribution < 1.29 is 14.3 Å². The lowest BCUT2D eigenvalue weighted by Crippen LogP contribution is -2.29. The van der Waals surface area contributed by atoms with Gasteiger partial charge in [0.15, 0.2) is 0 Å². The standard InChI is InChI=1S/C10H15N3O3/c11-12-10(15)7-3-9(16-6-7)5-13-2-1-8(14)4-13/h3,6,8,14H,1-2,4-5,11H2,(H,12,15). The highest BCUT2D eigenvalue weighted by Gasteiger charge is 2.21. The molecule has 1 unspecified atom stereocenters. The number of nitrogens with two attached hydrogens (primary N) is 1. The van der Waals surface area contributed by atoms with Crippen LogP contribution in [0.25, 0.3) is 0 Å². The first-order chi connectivity index (χ1) is 7.69. The van der Waals surface area contributed by atoms with Crippen LogP contribution in [0.4, 0.5) is 0 Å². The minimum absolute atomic E-state index is 0.248. The van der Waals surface area contributed by atoms with Gasteiger partial charge in [-0.05, 0) is 12.5 Å². The van der Waals surface area contributed by atoms with Gasteiger partial charge in [-0.25, -0.2) is 5.84 Å². The summed E-state index contributed by atoms with van der Waals surface area (Å²) in [5.74, 6) is 5.35. The van der Waals surface area contributed by atoms with Crippen molar-refractivity contribution >= 4 is 5.91 Å². The van der Waals surface area contributed by atoms with E-state index < -0.39 is 0 Å². The highest BCUT2D eigenvalue weighted by Crippen LogP contribution is 2.15. The number of hydrazine groups is 1. The number of nitrogens with one attached hydrogen (secondary N) is 1. The van der Waals surface area contributed by atoms with E-state index in [4.69, 9.17) is 10.3 Å². The van der Waals surface area contributed by atoms with Gasteiger partial charge < -0.3 is 9.52 Å². The lowest BCUT2D eigenvalue weighted by Gasteiger charge is -2.11. The van der Waals surface area contributed by atoms with Crippen molar-refractivity contribution in [3.8, 4) is 0 Å². The van der Waals surface area contributed by atoms with Gasteiger partial charge in [0.05, 0.1) is 18.2 Å². The van der Waals surface area contributed by atoms with E-state index >= 15 is 0 Å². The molecule has 1 aromatic heterocycles. The van der Waals surface area contributed by atoms with E-state index in [2.05, 4.69) is 4.90 Å². The first kappa shape index (κ1) is 11.1. The minimum Gasteiger partial charge on any atom is -0.467 e. The number of carbonyl (C=O) groups excluding carboxylic acids is 1. The Hall–Kier alpha value is -1.37. The third-order valence-electron chi connectivity index (χ3n) is 2.67. The van der Waals surface area contributed by atoms with Crippen molar-refractivity contribution in [2.45, 2.75) is 19.1 Å². The Bertz CT molecular complexity index is 377. The largest absolute Gasteiger partial charge is 0.467 e. The number of amides is 1. The molecule has 1 fully saturated rings. The molecule has 0 saturated carbocycles. The third kappa shape index (κ3) is 2.41.